The van der Waals surface area contributed by atoms with Crippen LogP contribution in [-0.4, -0.2) is 23.5 Å². The lowest BCUT2D eigenvalue weighted by atomic mass is 10.4. The molecular weight excluding hydrogens is 194 g/mol. The molecule has 15 heavy (non-hydrogen) atoms. The fourth-order valence-corrected chi connectivity index (χ4v) is 1.14. The number of aryl methyl sites for hydroxylation is 1. The quantitative estimate of drug-likeness (QED) is 0.748. The van der Waals surface area contributed by atoms with Crippen molar-refractivity contribution in [2.24, 2.45) is 0 Å². The molecule has 0 saturated heterocycles. The van der Waals surface area contributed by atoms with Gasteiger partial charge in [0, 0.05) is 6.04 Å². The fourth-order valence-electron chi connectivity index (χ4n) is 1.14. The number of carbonyl (C=O) groups is 1. The Labute approximate surface area is 89.3 Å². The fraction of sp³-hybridized carbons (Fsp3) is 0.600. The lowest BCUT2D eigenvalue weighted by Crippen LogP contribution is -2.37. The van der Waals surface area contributed by atoms with Crippen molar-refractivity contribution >= 4 is 5.91 Å². The van der Waals surface area contributed by atoms with E-state index >= 15 is 0 Å². The van der Waals surface area contributed by atoms with Crippen LogP contribution in [0.2, 0.25) is 0 Å². The Kier molecular flexibility index (Phi) is 4.30. The first-order valence-corrected chi connectivity index (χ1v) is 4.99. The van der Waals surface area contributed by atoms with Crippen molar-refractivity contribution in [2.45, 2.75) is 33.4 Å². The van der Waals surface area contributed by atoms with Gasteiger partial charge in [0.2, 0.25) is 11.8 Å². The Balaban J connectivity index is 2.19. The first-order valence-electron chi connectivity index (χ1n) is 4.99. The van der Waals surface area contributed by atoms with E-state index in [0.29, 0.717) is 12.4 Å². The molecule has 0 aliphatic carbocycles. The van der Waals surface area contributed by atoms with Crippen LogP contribution >= 0.6 is 0 Å². The zero-order chi connectivity index (χ0) is 11.3. The summed E-state index contributed by atoms with van der Waals surface area (Å²) in [5.41, 5.74) is 0. The van der Waals surface area contributed by atoms with Gasteiger partial charge < -0.3 is 9.73 Å². The van der Waals surface area contributed by atoms with Gasteiger partial charge in [-0.05, 0) is 20.8 Å². The summed E-state index contributed by atoms with van der Waals surface area (Å²) in [6.07, 6.45) is 1.66. The first-order chi connectivity index (χ1) is 7.08. The molecule has 1 heterocycles. The van der Waals surface area contributed by atoms with Crippen LogP contribution in [0.3, 0.4) is 0 Å². The average Bonchev–Trinajstić information content (AvgIpc) is 2.50. The second-order valence-corrected chi connectivity index (χ2v) is 3.69. The SMILES string of the molecule is Cc1cnc(CNCC(=O)NC(C)C)o1. The number of rotatable bonds is 5. The Morgan fingerprint density at radius 2 is 2.33 bits per heavy atom. The highest BCUT2D eigenvalue weighted by atomic mass is 16.4. The van der Waals surface area contributed by atoms with Crippen LogP contribution in [0, 0.1) is 6.92 Å². The molecule has 0 aliphatic rings. The molecule has 1 aromatic heterocycles. The molecule has 0 atom stereocenters. The first kappa shape index (κ1) is 11.7. The zero-order valence-electron chi connectivity index (χ0n) is 9.33. The van der Waals surface area contributed by atoms with Gasteiger partial charge in [0.05, 0.1) is 19.3 Å². The normalized spacial score (nSPS) is 10.7. The molecule has 1 rings (SSSR count). The topological polar surface area (TPSA) is 67.2 Å². The zero-order valence-corrected chi connectivity index (χ0v) is 9.33. The second kappa shape index (κ2) is 5.50. The van der Waals surface area contributed by atoms with Crippen LogP contribution in [0.15, 0.2) is 10.6 Å². The number of carbonyl (C=O) groups excluding carboxylic acids is 1. The van der Waals surface area contributed by atoms with E-state index in [2.05, 4.69) is 15.6 Å². The van der Waals surface area contributed by atoms with E-state index < -0.39 is 0 Å². The van der Waals surface area contributed by atoms with Crippen molar-refractivity contribution in [3.63, 3.8) is 0 Å². The summed E-state index contributed by atoms with van der Waals surface area (Å²) in [5, 5.41) is 5.73. The number of aromatic nitrogens is 1. The molecule has 0 radical (unpaired) electrons. The van der Waals surface area contributed by atoms with Crippen LogP contribution < -0.4 is 10.6 Å². The summed E-state index contributed by atoms with van der Waals surface area (Å²) in [7, 11) is 0. The van der Waals surface area contributed by atoms with Crippen molar-refractivity contribution in [1.82, 2.24) is 15.6 Å². The molecule has 1 aromatic rings. The van der Waals surface area contributed by atoms with Crippen molar-refractivity contribution < 1.29 is 9.21 Å². The van der Waals surface area contributed by atoms with Crippen molar-refractivity contribution in [3.05, 3.63) is 17.8 Å². The van der Waals surface area contributed by atoms with Gasteiger partial charge >= 0.3 is 0 Å². The summed E-state index contributed by atoms with van der Waals surface area (Å²) in [6.45, 7) is 6.44. The summed E-state index contributed by atoms with van der Waals surface area (Å²) in [4.78, 5) is 15.2. The van der Waals surface area contributed by atoms with Gasteiger partial charge in [-0.1, -0.05) is 0 Å². The monoisotopic (exact) mass is 211 g/mol. The van der Waals surface area contributed by atoms with Gasteiger partial charge in [-0.15, -0.1) is 0 Å². The molecule has 0 spiro atoms. The van der Waals surface area contributed by atoms with Crippen molar-refractivity contribution in [3.8, 4) is 0 Å². The highest BCUT2D eigenvalue weighted by molar-refractivity contribution is 5.78. The molecule has 0 bridgehead atoms. The maximum absolute atomic E-state index is 11.2. The third-order valence-electron chi connectivity index (χ3n) is 1.68. The summed E-state index contributed by atoms with van der Waals surface area (Å²) >= 11 is 0. The van der Waals surface area contributed by atoms with Gasteiger partial charge in [0.15, 0.2) is 0 Å². The van der Waals surface area contributed by atoms with Crippen LogP contribution in [0.25, 0.3) is 0 Å². The van der Waals surface area contributed by atoms with E-state index in [1.165, 1.54) is 0 Å². The molecule has 0 aliphatic heterocycles. The maximum Gasteiger partial charge on any atom is 0.234 e. The van der Waals surface area contributed by atoms with E-state index in [1.54, 1.807) is 6.20 Å². The molecule has 84 valence electrons. The number of nitrogens with zero attached hydrogens (tertiary/aromatic N) is 1. The van der Waals surface area contributed by atoms with E-state index in [0.717, 1.165) is 5.76 Å². The van der Waals surface area contributed by atoms with Gasteiger partial charge in [-0.2, -0.15) is 0 Å². The third-order valence-corrected chi connectivity index (χ3v) is 1.68. The number of nitrogens with one attached hydrogen (secondary N) is 2. The molecule has 5 nitrogen and oxygen atoms in total. The highest BCUT2D eigenvalue weighted by Crippen LogP contribution is 1.99. The number of hydrogen-bond donors (Lipinski definition) is 2. The number of hydrogen-bond acceptors (Lipinski definition) is 4. The minimum Gasteiger partial charge on any atom is -0.445 e. The standard InChI is InChI=1S/C10H17N3O2/c1-7(2)13-9(14)5-11-6-10-12-4-8(3)15-10/h4,7,11H,5-6H2,1-3H3,(H,13,14). The molecule has 0 fully saturated rings. The van der Waals surface area contributed by atoms with E-state index in [1.807, 2.05) is 20.8 Å². The predicted octanol–water partition coefficient (Wildman–Crippen LogP) is 0.597. The molecule has 0 unspecified atom stereocenters. The van der Waals surface area contributed by atoms with Crippen LogP contribution in [0.5, 0.6) is 0 Å². The lowest BCUT2D eigenvalue weighted by molar-refractivity contribution is -0.120. The molecule has 1 amide bonds. The Bertz CT molecular complexity index is 320. The minimum atomic E-state index is -0.0201. The lowest BCUT2D eigenvalue weighted by Gasteiger charge is -2.07. The largest absolute Gasteiger partial charge is 0.445 e. The number of amides is 1. The van der Waals surface area contributed by atoms with E-state index in [-0.39, 0.29) is 18.5 Å². The Morgan fingerprint density at radius 3 is 2.87 bits per heavy atom. The van der Waals surface area contributed by atoms with Gasteiger partial charge in [0.1, 0.15) is 5.76 Å². The molecular formula is C10H17N3O2. The molecule has 5 heteroatoms. The van der Waals surface area contributed by atoms with E-state index in [4.69, 9.17) is 4.42 Å². The smallest absolute Gasteiger partial charge is 0.234 e. The van der Waals surface area contributed by atoms with Gasteiger partial charge in [0.25, 0.3) is 0 Å². The van der Waals surface area contributed by atoms with Gasteiger partial charge in [-0.25, -0.2) is 4.98 Å². The highest BCUT2D eigenvalue weighted by Gasteiger charge is 2.04. The maximum atomic E-state index is 11.2. The average molecular weight is 211 g/mol. The summed E-state index contributed by atoms with van der Waals surface area (Å²) in [6, 6.07) is 0.170. The molecule has 0 saturated carbocycles. The molecule has 0 aromatic carbocycles. The van der Waals surface area contributed by atoms with Gasteiger partial charge in [-0.3, -0.25) is 10.1 Å². The Morgan fingerprint density at radius 1 is 1.60 bits per heavy atom. The second-order valence-electron chi connectivity index (χ2n) is 3.69. The molecule has 2 N–H and O–H groups in total. The number of oxazole rings is 1. The summed E-state index contributed by atoms with van der Waals surface area (Å²) < 4.78 is 5.24. The van der Waals surface area contributed by atoms with E-state index in [9.17, 15) is 4.79 Å². The summed E-state index contributed by atoms with van der Waals surface area (Å²) in [5.74, 6) is 1.36. The third kappa shape index (κ3) is 4.60. The van der Waals surface area contributed by atoms with Crippen molar-refractivity contribution in [2.75, 3.05) is 6.54 Å². The predicted molar refractivity (Wildman–Crippen MR) is 56.2 cm³/mol. The van der Waals surface area contributed by atoms with Crippen LogP contribution in [-0.2, 0) is 11.3 Å². The van der Waals surface area contributed by atoms with Crippen LogP contribution in [0.1, 0.15) is 25.5 Å². The van der Waals surface area contributed by atoms with Crippen molar-refractivity contribution in [1.29, 1.82) is 0 Å². The van der Waals surface area contributed by atoms with Crippen LogP contribution in [0.4, 0.5) is 0 Å². The minimum absolute atomic E-state index is 0.0201. The Hall–Kier alpha value is -1.36.